The van der Waals surface area contributed by atoms with Gasteiger partial charge in [-0.25, -0.2) is 17.6 Å². The predicted octanol–water partition coefficient (Wildman–Crippen LogP) is 13.4. The van der Waals surface area contributed by atoms with Crippen LogP contribution in [0.5, 0.6) is 0 Å². The fourth-order valence-corrected chi connectivity index (χ4v) is 8.21. The van der Waals surface area contributed by atoms with Gasteiger partial charge >= 0.3 is 0 Å². The van der Waals surface area contributed by atoms with Gasteiger partial charge in [-0.3, -0.25) is 0 Å². The highest BCUT2D eigenvalue weighted by Gasteiger charge is 2.32. The molecule has 5 rings (SSSR count). The molecule has 3 aromatic carbocycles. The molecular formula is C41H52F4. The van der Waals surface area contributed by atoms with Crippen molar-refractivity contribution in [3.8, 4) is 22.3 Å². The third-order valence-electron chi connectivity index (χ3n) is 11.1. The van der Waals surface area contributed by atoms with Crippen LogP contribution >= 0.6 is 0 Å². The largest absolute Gasteiger partial charge is 0.203 e. The summed E-state index contributed by atoms with van der Waals surface area (Å²) in [4.78, 5) is 0. The lowest BCUT2D eigenvalue weighted by molar-refractivity contribution is 0.155. The number of hydrogen-bond donors (Lipinski definition) is 0. The minimum absolute atomic E-state index is 0.0602. The molecule has 244 valence electrons. The summed E-state index contributed by atoms with van der Waals surface area (Å²) in [6.07, 6.45) is 19.4. The van der Waals surface area contributed by atoms with E-state index in [2.05, 4.69) is 13.8 Å². The van der Waals surface area contributed by atoms with Gasteiger partial charge in [0.2, 0.25) is 0 Å². The molecule has 0 unspecified atom stereocenters. The highest BCUT2D eigenvalue weighted by molar-refractivity contribution is 5.71. The number of aryl methyl sites for hydroxylation is 1. The molecule has 0 N–H and O–H groups in total. The average Bonchev–Trinajstić information content (AvgIpc) is 3.07. The second-order valence-corrected chi connectivity index (χ2v) is 14.0. The molecule has 2 saturated carbocycles. The Bertz CT molecular complexity index is 1360. The average molecular weight is 621 g/mol. The van der Waals surface area contributed by atoms with Crippen molar-refractivity contribution in [3.63, 3.8) is 0 Å². The van der Waals surface area contributed by atoms with Crippen LogP contribution in [-0.4, -0.2) is 0 Å². The van der Waals surface area contributed by atoms with Crippen LogP contribution in [-0.2, 0) is 6.42 Å². The van der Waals surface area contributed by atoms with Crippen molar-refractivity contribution in [2.24, 2.45) is 17.8 Å². The quantitative estimate of drug-likeness (QED) is 0.132. The van der Waals surface area contributed by atoms with Crippen LogP contribution in [0.1, 0.15) is 134 Å². The summed E-state index contributed by atoms with van der Waals surface area (Å²) in [5.41, 5.74) is 2.29. The summed E-state index contributed by atoms with van der Waals surface area (Å²) in [5, 5.41) is 0. The molecule has 0 saturated heterocycles. The van der Waals surface area contributed by atoms with Gasteiger partial charge in [0, 0.05) is 11.1 Å². The minimum Gasteiger partial charge on any atom is -0.203 e. The molecule has 45 heavy (non-hydrogen) atoms. The van der Waals surface area contributed by atoms with Crippen LogP contribution in [0.2, 0.25) is 0 Å². The van der Waals surface area contributed by atoms with Crippen LogP contribution in [0, 0.1) is 41.0 Å². The molecule has 4 heteroatoms. The third kappa shape index (κ3) is 8.22. The zero-order chi connectivity index (χ0) is 31.8. The van der Waals surface area contributed by atoms with E-state index in [0.29, 0.717) is 28.7 Å². The lowest BCUT2D eigenvalue weighted by Gasteiger charge is -2.38. The van der Waals surface area contributed by atoms with Crippen molar-refractivity contribution in [2.75, 3.05) is 0 Å². The first-order valence-electron chi connectivity index (χ1n) is 18.0. The molecule has 0 aromatic heterocycles. The predicted molar refractivity (Wildman–Crippen MR) is 179 cm³/mol. The van der Waals surface area contributed by atoms with Gasteiger partial charge in [-0.1, -0.05) is 120 Å². The first kappa shape index (κ1) is 33.7. The molecule has 0 radical (unpaired) electrons. The maximum atomic E-state index is 15.5. The molecule has 2 aliphatic carbocycles. The maximum absolute atomic E-state index is 15.5. The SMILES string of the molecule is CCCCCCc1ccc(-c2ccc(-c3ccc(C4CCC(C5CCC(CCCCC)CC5)CC4)c(F)c3F)cc2)c(F)c1F. The topological polar surface area (TPSA) is 0 Å². The van der Waals surface area contributed by atoms with Crippen LogP contribution in [0.4, 0.5) is 17.6 Å². The number of unbranched alkanes of at least 4 members (excludes halogenated alkanes) is 5. The summed E-state index contributed by atoms with van der Waals surface area (Å²) >= 11 is 0. The molecule has 0 atom stereocenters. The van der Waals surface area contributed by atoms with E-state index < -0.39 is 23.3 Å². The first-order valence-corrected chi connectivity index (χ1v) is 18.0. The minimum atomic E-state index is -0.859. The summed E-state index contributed by atoms with van der Waals surface area (Å²) in [5.74, 6) is -0.717. The second kappa shape index (κ2) is 16.3. The van der Waals surface area contributed by atoms with E-state index >= 15 is 8.78 Å². The van der Waals surface area contributed by atoms with Gasteiger partial charge in [0.05, 0.1) is 0 Å². The Morgan fingerprint density at radius 2 is 1.04 bits per heavy atom. The fraction of sp³-hybridized carbons (Fsp3) is 0.561. The summed E-state index contributed by atoms with van der Waals surface area (Å²) < 4.78 is 60.8. The van der Waals surface area contributed by atoms with E-state index in [4.69, 9.17) is 0 Å². The maximum Gasteiger partial charge on any atom is 0.166 e. The molecule has 0 aliphatic heterocycles. The zero-order valence-corrected chi connectivity index (χ0v) is 27.5. The summed E-state index contributed by atoms with van der Waals surface area (Å²) in [6, 6.07) is 13.4. The van der Waals surface area contributed by atoms with Gasteiger partial charge in [-0.05, 0) is 97.3 Å². The number of halogens is 4. The van der Waals surface area contributed by atoms with Crippen molar-refractivity contribution in [3.05, 3.63) is 82.9 Å². The molecule has 3 aromatic rings. The van der Waals surface area contributed by atoms with Crippen molar-refractivity contribution in [1.29, 1.82) is 0 Å². The molecule has 2 aliphatic rings. The van der Waals surface area contributed by atoms with Gasteiger partial charge in [0.25, 0.3) is 0 Å². The molecule has 0 bridgehead atoms. The smallest absolute Gasteiger partial charge is 0.166 e. The highest BCUT2D eigenvalue weighted by Crippen LogP contribution is 2.45. The Balaban J connectivity index is 1.19. The summed E-state index contributed by atoms with van der Waals surface area (Å²) in [7, 11) is 0. The van der Waals surface area contributed by atoms with E-state index in [1.807, 2.05) is 0 Å². The highest BCUT2D eigenvalue weighted by atomic mass is 19.2. The van der Waals surface area contributed by atoms with Crippen molar-refractivity contribution in [1.82, 2.24) is 0 Å². The number of benzene rings is 3. The van der Waals surface area contributed by atoms with E-state index in [-0.39, 0.29) is 17.0 Å². The van der Waals surface area contributed by atoms with Crippen molar-refractivity contribution < 1.29 is 17.6 Å². The Morgan fingerprint density at radius 1 is 0.511 bits per heavy atom. The zero-order valence-electron chi connectivity index (χ0n) is 27.5. The van der Waals surface area contributed by atoms with Crippen LogP contribution < -0.4 is 0 Å². The van der Waals surface area contributed by atoms with E-state index in [9.17, 15) is 8.78 Å². The molecule has 2 fully saturated rings. The monoisotopic (exact) mass is 620 g/mol. The van der Waals surface area contributed by atoms with E-state index in [1.165, 1.54) is 51.4 Å². The van der Waals surface area contributed by atoms with E-state index in [0.717, 1.165) is 69.1 Å². The Hall–Kier alpha value is -2.62. The van der Waals surface area contributed by atoms with Gasteiger partial charge < -0.3 is 0 Å². The molecule has 0 heterocycles. The third-order valence-corrected chi connectivity index (χ3v) is 11.1. The van der Waals surface area contributed by atoms with E-state index in [1.54, 1.807) is 48.5 Å². The second-order valence-electron chi connectivity index (χ2n) is 14.0. The Morgan fingerprint density at radius 3 is 1.64 bits per heavy atom. The molecule has 0 amide bonds. The van der Waals surface area contributed by atoms with Gasteiger partial charge in [0.1, 0.15) is 0 Å². The fourth-order valence-electron chi connectivity index (χ4n) is 8.21. The van der Waals surface area contributed by atoms with Crippen LogP contribution in [0.3, 0.4) is 0 Å². The normalized spacial score (nSPS) is 22.1. The standard InChI is InChI=1S/C41H52F4/c1-3-5-7-9-11-34-24-25-35(39(43)38(34)42)32-20-22-33(23-21-32)37-27-26-36(40(44)41(37)45)31-18-16-30(17-19-31)29-14-12-28(13-15-29)10-8-6-4-2/h20-31H,3-19H2,1-2H3. The van der Waals surface area contributed by atoms with Crippen LogP contribution in [0.15, 0.2) is 48.5 Å². The first-order chi connectivity index (χ1) is 21.9. The van der Waals surface area contributed by atoms with Crippen LogP contribution in [0.25, 0.3) is 22.3 Å². The molecular weight excluding hydrogens is 568 g/mol. The molecule has 0 spiro atoms. The Labute approximate surface area is 269 Å². The Kier molecular flexibility index (Phi) is 12.2. The summed E-state index contributed by atoms with van der Waals surface area (Å²) in [6.45, 7) is 4.39. The molecule has 0 nitrogen and oxygen atoms in total. The van der Waals surface area contributed by atoms with Gasteiger partial charge in [-0.15, -0.1) is 0 Å². The number of rotatable bonds is 13. The van der Waals surface area contributed by atoms with Crippen molar-refractivity contribution in [2.45, 2.75) is 129 Å². The van der Waals surface area contributed by atoms with Crippen molar-refractivity contribution >= 4 is 0 Å². The lowest BCUT2D eigenvalue weighted by atomic mass is 9.68. The lowest BCUT2D eigenvalue weighted by Crippen LogP contribution is -2.25. The van der Waals surface area contributed by atoms with Gasteiger partial charge in [-0.2, -0.15) is 0 Å². The van der Waals surface area contributed by atoms with Gasteiger partial charge in [0.15, 0.2) is 23.3 Å². The number of hydrogen-bond acceptors (Lipinski definition) is 0.